The summed E-state index contributed by atoms with van der Waals surface area (Å²) in [5, 5.41) is 13.3. The molecule has 1 heterocycles. The van der Waals surface area contributed by atoms with E-state index in [1.807, 2.05) is 60.8 Å². The molecule has 0 aliphatic heterocycles. The fraction of sp³-hybridized carbons (Fsp3) is 0.273. The standard InChI is InChI=1S/C22H25N3O3/c1-16(27)24-21(13-18-14-23-20-10-6-5-9-19(18)20)22(28)25(11-12-26)15-17-7-3-2-4-8-17/h2-10,14,21,23,26H,11-13,15H2,1H3,(H,24,27). The van der Waals surface area contributed by atoms with E-state index in [-0.39, 0.29) is 25.0 Å². The Labute approximate surface area is 164 Å². The summed E-state index contributed by atoms with van der Waals surface area (Å²) in [5.41, 5.74) is 2.92. The van der Waals surface area contributed by atoms with Gasteiger partial charge in [-0.25, -0.2) is 0 Å². The third kappa shape index (κ3) is 4.78. The van der Waals surface area contributed by atoms with Crippen LogP contribution in [0.15, 0.2) is 60.8 Å². The number of aromatic nitrogens is 1. The lowest BCUT2D eigenvalue weighted by Gasteiger charge is -2.27. The second-order valence-corrected chi connectivity index (χ2v) is 6.79. The van der Waals surface area contributed by atoms with Crippen LogP contribution in [0, 0.1) is 0 Å². The van der Waals surface area contributed by atoms with Gasteiger partial charge in [-0.05, 0) is 17.2 Å². The number of aliphatic hydroxyl groups excluding tert-OH is 1. The zero-order valence-electron chi connectivity index (χ0n) is 15.9. The van der Waals surface area contributed by atoms with E-state index >= 15 is 0 Å². The molecule has 0 fully saturated rings. The van der Waals surface area contributed by atoms with E-state index in [0.717, 1.165) is 22.0 Å². The molecule has 0 saturated carbocycles. The number of carbonyl (C=O) groups excluding carboxylic acids is 2. The molecule has 28 heavy (non-hydrogen) atoms. The van der Waals surface area contributed by atoms with Crippen molar-refractivity contribution in [2.75, 3.05) is 13.2 Å². The smallest absolute Gasteiger partial charge is 0.245 e. The van der Waals surface area contributed by atoms with Crippen LogP contribution in [0.25, 0.3) is 10.9 Å². The number of benzene rings is 2. The first-order valence-electron chi connectivity index (χ1n) is 9.34. The van der Waals surface area contributed by atoms with Crippen LogP contribution in [0.5, 0.6) is 0 Å². The van der Waals surface area contributed by atoms with Crippen molar-refractivity contribution in [3.63, 3.8) is 0 Å². The Morgan fingerprint density at radius 3 is 2.54 bits per heavy atom. The predicted molar refractivity (Wildman–Crippen MR) is 109 cm³/mol. The maximum absolute atomic E-state index is 13.2. The van der Waals surface area contributed by atoms with Crippen LogP contribution in [-0.4, -0.2) is 46.0 Å². The zero-order valence-corrected chi connectivity index (χ0v) is 15.9. The normalized spacial score (nSPS) is 11.9. The Balaban J connectivity index is 1.83. The van der Waals surface area contributed by atoms with E-state index < -0.39 is 6.04 Å². The number of H-pyrrole nitrogens is 1. The topological polar surface area (TPSA) is 85.4 Å². The van der Waals surface area contributed by atoms with Crippen molar-refractivity contribution in [2.24, 2.45) is 0 Å². The Bertz CT molecular complexity index is 936. The number of hydrogen-bond donors (Lipinski definition) is 3. The van der Waals surface area contributed by atoms with Gasteiger partial charge in [0, 0.05) is 43.5 Å². The van der Waals surface area contributed by atoms with E-state index in [2.05, 4.69) is 10.3 Å². The van der Waals surface area contributed by atoms with Gasteiger partial charge in [0.15, 0.2) is 0 Å². The molecule has 0 saturated heterocycles. The van der Waals surface area contributed by atoms with Gasteiger partial charge in [-0.2, -0.15) is 0 Å². The Kier molecular flexibility index (Phi) is 6.45. The van der Waals surface area contributed by atoms with Gasteiger partial charge < -0.3 is 20.3 Å². The molecule has 1 atom stereocenters. The van der Waals surface area contributed by atoms with Gasteiger partial charge in [-0.15, -0.1) is 0 Å². The molecule has 0 bridgehead atoms. The van der Waals surface area contributed by atoms with Crippen molar-refractivity contribution in [3.05, 3.63) is 71.9 Å². The molecule has 0 spiro atoms. The highest BCUT2D eigenvalue weighted by atomic mass is 16.3. The van der Waals surface area contributed by atoms with E-state index in [4.69, 9.17) is 0 Å². The molecule has 3 N–H and O–H groups in total. The van der Waals surface area contributed by atoms with E-state index in [1.165, 1.54) is 6.92 Å². The van der Waals surface area contributed by atoms with Crippen molar-refractivity contribution in [2.45, 2.75) is 25.9 Å². The highest BCUT2D eigenvalue weighted by molar-refractivity contribution is 5.89. The monoisotopic (exact) mass is 379 g/mol. The van der Waals surface area contributed by atoms with Crippen LogP contribution in [0.1, 0.15) is 18.1 Å². The fourth-order valence-electron chi connectivity index (χ4n) is 3.38. The first-order valence-corrected chi connectivity index (χ1v) is 9.34. The molecule has 3 aromatic rings. The number of rotatable bonds is 8. The number of amides is 2. The van der Waals surface area contributed by atoms with Crippen LogP contribution in [0.3, 0.4) is 0 Å². The number of hydrogen-bond acceptors (Lipinski definition) is 3. The van der Waals surface area contributed by atoms with Gasteiger partial charge in [-0.3, -0.25) is 9.59 Å². The second kappa shape index (κ2) is 9.19. The minimum Gasteiger partial charge on any atom is -0.395 e. The van der Waals surface area contributed by atoms with Crippen LogP contribution in [0.4, 0.5) is 0 Å². The molecule has 146 valence electrons. The Morgan fingerprint density at radius 1 is 1.11 bits per heavy atom. The summed E-state index contributed by atoms with van der Waals surface area (Å²) < 4.78 is 0. The van der Waals surface area contributed by atoms with E-state index in [9.17, 15) is 14.7 Å². The van der Waals surface area contributed by atoms with Crippen LogP contribution in [-0.2, 0) is 22.6 Å². The number of nitrogens with one attached hydrogen (secondary N) is 2. The van der Waals surface area contributed by atoms with Crippen molar-refractivity contribution in [1.82, 2.24) is 15.2 Å². The molecule has 0 radical (unpaired) electrons. The summed E-state index contributed by atoms with van der Waals surface area (Å²) in [6.07, 6.45) is 2.25. The number of nitrogens with zero attached hydrogens (tertiary/aromatic N) is 1. The van der Waals surface area contributed by atoms with Crippen LogP contribution < -0.4 is 5.32 Å². The zero-order chi connectivity index (χ0) is 19.9. The molecule has 2 aromatic carbocycles. The summed E-state index contributed by atoms with van der Waals surface area (Å²) in [7, 11) is 0. The minimum absolute atomic E-state index is 0.140. The summed E-state index contributed by atoms with van der Waals surface area (Å²) in [4.78, 5) is 29.8. The lowest BCUT2D eigenvalue weighted by Crippen LogP contribution is -2.49. The Hall–Kier alpha value is -3.12. The summed E-state index contributed by atoms with van der Waals surface area (Å²) in [6.45, 7) is 1.85. The van der Waals surface area contributed by atoms with Crippen molar-refractivity contribution in [3.8, 4) is 0 Å². The largest absolute Gasteiger partial charge is 0.395 e. The second-order valence-electron chi connectivity index (χ2n) is 6.79. The number of para-hydroxylation sites is 1. The van der Waals surface area contributed by atoms with Gasteiger partial charge in [0.05, 0.1) is 6.61 Å². The molecule has 6 heteroatoms. The van der Waals surface area contributed by atoms with Crippen molar-refractivity contribution < 1.29 is 14.7 Å². The first-order chi connectivity index (χ1) is 13.6. The average molecular weight is 379 g/mol. The third-order valence-corrected chi connectivity index (χ3v) is 4.67. The summed E-state index contributed by atoms with van der Waals surface area (Å²) in [6, 6.07) is 16.8. The van der Waals surface area contributed by atoms with Crippen LogP contribution >= 0.6 is 0 Å². The third-order valence-electron chi connectivity index (χ3n) is 4.67. The van der Waals surface area contributed by atoms with E-state index in [0.29, 0.717) is 13.0 Å². The fourth-order valence-corrected chi connectivity index (χ4v) is 3.38. The molecule has 0 aliphatic rings. The van der Waals surface area contributed by atoms with Crippen molar-refractivity contribution in [1.29, 1.82) is 0 Å². The lowest BCUT2D eigenvalue weighted by atomic mass is 10.0. The maximum Gasteiger partial charge on any atom is 0.245 e. The molecule has 6 nitrogen and oxygen atoms in total. The highest BCUT2D eigenvalue weighted by Crippen LogP contribution is 2.20. The van der Waals surface area contributed by atoms with E-state index in [1.54, 1.807) is 4.90 Å². The van der Waals surface area contributed by atoms with Crippen LogP contribution in [0.2, 0.25) is 0 Å². The van der Waals surface area contributed by atoms with Gasteiger partial charge in [0.1, 0.15) is 6.04 Å². The minimum atomic E-state index is -0.702. The SMILES string of the molecule is CC(=O)NC(Cc1c[nH]c2ccccc12)C(=O)N(CCO)Cc1ccccc1. The molecule has 2 amide bonds. The highest BCUT2D eigenvalue weighted by Gasteiger charge is 2.26. The van der Waals surface area contributed by atoms with Gasteiger partial charge >= 0.3 is 0 Å². The van der Waals surface area contributed by atoms with Gasteiger partial charge in [0.25, 0.3) is 0 Å². The molecule has 0 aliphatic carbocycles. The quantitative estimate of drug-likeness (QED) is 0.561. The summed E-state index contributed by atoms with van der Waals surface area (Å²) >= 11 is 0. The van der Waals surface area contributed by atoms with Gasteiger partial charge in [0.2, 0.25) is 11.8 Å². The maximum atomic E-state index is 13.2. The van der Waals surface area contributed by atoms with Crippen molar-refractivity contribution >= 4 is 22.7 Å². The Morgan fingerprint density at radius 2 is 1.82 bits per heavy atom. The molecule has 1 aromatic heterocycles. The molecule has 3 rings (SSSR count). The number of carbonyl (C=O) groups is 2. The lowest BCUT2D eigenvalue weighted by molar-refractivity contribution is -0.137. The average Bonchev–Trinajstić information content (AvgIpc) is 3.10. The van der Waals surface area contributed by atoms with Gasteiger partial charge in [-0.1, -0.05) is 48.5 Å². The first kappa shape index (κ1) is 19.6. The number of fused-ring (bicyclic) bond motifs is 1. The molecular weight excluding hydrogens is 354 g/mol. The number of aromatic amines is 1. The molecular formula is C22H25N3O3. The molecule has 1 unspecified atom stereocenters. The predicted octanol–water partition coefficient (Wildman–Crippen LogP) is 2.24. The number of aliphatic hydroxyl groups is 1. The summed E-state index contributed by atoms with van der Waals surface area (Å²) in [5.74, 6) is -0.472.